The number of rotatable bonds is 2. The third-order valence-corrected chi connectivity index (χ3v) is 2.35. The lowest BCUT2D eigenvalue weighted by Gasteiger charge is -2.28. The SMILES string of the molecule is CC(C)CN1CN=Cc2ccccc21. The van der Waals surface area contributed by atoms with Gasteiger partial charge in [0, 0.05) is 24.0 Å². The zero-order valence-electron chi connectivity index (χ0n) is 8.77. The number of hydrogen-bond acceptors (Lipinski definition) is 2. The first-order valence-electron chi connectivity index (χ1n) is 5.11. The maximum absolute atomic E-state index is 4.35. The van der Waals surface area contributed by atoms with Crippen molar-refractivity contribution >= 4 is 11.9 Å². The third kappa shape index (κ3) is 1.79. The van der Waals surface area contributed by atoms with Crippen LogP contribution in [0.2, 0.25) is 0 Å². The number of anilines is 1. The van der Waals surface area contributed by atoms with Gasteiger partial charge >= 0.3 is 0 Å². The van der Waals surface area contributed by atoms with Gasteiger partial charge < -0.3 is 4.90 Å². The number of para-hydroxylation sites is 1. The molecular weight excluding hydrogens is 172 g/mol. The summed E-state index contributed by atoms with van der Waals surface area (Å²) in [4.78, 5) is 6.69. The number of benzene rings is 1. The number of hydrogen-bond donors (Lipinski definition) is 0. The van der Waals surface area contributed by atoms with Gasteiger partial charge in [-0.25, -0.2) is 0 Å². The molecule has 1 aliphatic rings. The summed E-state index contributed by atoms with van der Waals surface area (Å²) in [5.74, 6) is 0.677. The molecule has 0 spiro atoms. The molecule has 0 unspecified atom stereocenters. The van der Waals surface area contributed by atoms with Crippen molar-refractivity contribution in [2.45, 2.75) is 13.8 Å². The smallest absolute Gasteiger partial charge is 0.110 e. The van der Waals surface area contributed by atoms with E-state index in [1.807, 2.05) is 6.21 Å². The van der Waals surface area contributed by atoms with Crippen LogP contribution in [0.4, 0.5) is 5.69 Å². The number of aliphatic imine (C=N–C) groups is 1. The minimum atomic E-state index is 0.677. The Bertz CT molecular complexity index is 342. The van der Waals surface area contributed by atoms with Crippen LogP contribution in [0.25, 0.3) is 0 Å². The van der Waals surface area contributed by atoms with Crippen molar-refractivity contribution in [3.8, 4) is 0 Å². The van der Waals surface area contributed by atoms with Crippen LogP contribution in [0.3, 0.4) is 0 Å². The molecule has 0 fully saturated rings. The molecule has 1 aromatic rings. The topological polar surface area (TPSA) is 15.6 Å². The molecule has 0 saturated carbocycles. The summed E-state index contributed by atoms with van der Waals surface area (Å²) in [7, 11) is 0. The second-order valence-corrected chi connectivity index (χ2v) is 4.13. The molecule has 1 aliphatic heterocycles. The first-order chi connectivity index (χ1) is 6.77. The molecule has 14 heavy (non-hydrogen) atoms. The van der Waals surface area contributed by atoms with E-state index in [2.05, 4.69) is 48.0 Å². The lowest BCUT2D eigenvalue weighted by molar-refractivity contribution is 0.613. The van der Waals surface area contributed by atoms with Gasteiger partial charge in [0.25, 0.3) is 0 Å². The molecule has 0 atom stereocenters. The Kier molecular flexibility index (Phi) is 2.53. The summed E-state index contributed by atoms with van der Waals surface area (Å²) in [6, 6.07) is 8.43. The van der Waals surface area contributed by atoms with E-state index in [0.717, 1.165) is 13.2 Å². The van der Waals surface area contributed by atoms with Crippen LogP contribution in [-0.4, -0.2) is 19.4 Å². The van der Waals surface area contributed by atoms with Crippen LogP contribution in [-0.2, 0) is 0 Å². The highest BCUT2D eigenvalue weighted by Gasteiger charge is 2.13. The van der Waals surface area contributed by atoms with Crippen LogP contribution in [0.1, 0.15) is 19.4 Å². The maximum atomic E-state index is 4.35. The van der Waals surface area contributed by atoms with Gasteiger partial charge in [0.1, 0.15) is 6.67 Å². The van der Waals surface area contributed by atoms with Crippen molar-refractivity contribution in [1.82, 2.24) is 0 Å². The third-order valence-electron chi connectivity index (χ3n) is 2.35. The molecular formula is C12H16N2. The summed E-state index contributed by atoms with van der Waals surface area (Å²) < 4.78 is 0. The van der Waals surface area contributed by atoms with Crippen LogP contribution in [0.15, 0.2) is 29.3 Å². The molecule has 0 saturated heterocycles. The first-order valence-corrected chi connectivity index (χ1v) is 5.11. The van der Waals surface area contributed by atoms with Gasteiger partial charge in [0.15, 0.2) is 0 Å². The van der Waals surface area contributed by atoms with Gasteiger partial charge in [-0.15, -0.1) is 0 Å². The van der Waals surface area contributed by atoms with E-state index < -0.39 is 0 Å². The van der Waals surface area contributed by atoms with E-state index in [0.29, 0.717) is 5.92 Å². The largest absolute Gasteiger partial charge is 0.351 e. The highest BCUT2D eigenvalue weighted by molar-refractivity contribution is 5.89. The van der Waals surface area contributed by atoms with E-state index in [1.165, 1.54) is 11.3 Å². The summed E-state index contributed by atoms with van der Waals surface area (Å²) in [6.07, 6.45) is 1.96. The summed E-state index contributed by atoms with van der Waals surface area (Å²) >= 11 is 0. The van der Waals surface area contributed by atoms with Crippen molar-refractivity contribution in [3.05, 3.63) is 29.8 Å². The second-order valence-electron chi connectivity index (χ2n) is 4.13. The van der Waals surface area contributed by atoms with E-state index in [1.54, 1.807) is 0 Å². The van der Waals surface area contributed by atoms with Gasteiger partial charge in [-0.2, -0.15) is 0 Å². The highest BCUT2D eigenvalue weighted by Crippen LogP contribution is 2.22. The molecule has 1 aromatic carbocycles. The standard InChI is InChI=1S/C12H16N2/c1-10(2)8-14-9-13-7-11-5-3-4-6-12(11)14/h3-7,10H,8-9H2,1-2H3. The molecule has 2 nitrogen and oxygen atoms in total. The first kappa shape index (κ1) is 9.25. The van der Waals surface area contributed by atoms with Crippen molar-refractivity contribution in [1.29, 1.82) is 0 Å². The summed E-state index contributed by atoms with van der Waals surface area (Å²) in [6.45, 7) is 6.35. The highest BCUT2D eigenvalue weighted by atomic mass is 15.2. The molecule has 0 amide bonds. The second kappa shape index (κ2) is 3.82. The van der Waals surface area contributed by atoms with Crippen LogP contribution < -0.4 is 4.90 Å². The van der Waals surface area contributed by atoms with E-state index in [4.69, 9.17) is 0 Å². The molecule has 0 aliphatic carbocycles. The van der Waals surface area contributed by atoms with Crippen molar-refractivity contribution in [2.24, 2.45) is 10.9 Å². The van der Waals surface area contributed by atoms with E-state index in [9.17, 15) is 0 Å². The lowest BCUT2D eigenvalue weighted by Crippen LogP contribution is -2.30. The zero-order valence-corrected chi connectivity index (χ0v) is 8.77. The quantitative estimate of drug-likeness (QED) is 0.696. The average Bonchev–Trinajstić information content (AvgIpc) is 2.18. The van der Waals surface area contributed by atoms with Gasteiger partial charge in [0.2, 0.25) is 0 Å². The molecule has 2 rings (SSSR count). The minimum absolute atomic E-state index is 0.677. The van der Waals surface area contributed by atoms with Crippen LogP contribution in [0, 0.1) is 5.92 Å². The average molecular weight is 188 g/mol. The Morgan fingerprint density at radius 1 is 1.36 bits per heavy atom. The molecule has 0 aromatic heterocycles. The summed E-state index contributed by atoms with van der Waals surface area (Å²) in [5.41, 5.74) is 2.55. The van der Waals surface area contributed by atoms with Gasteiger partial charge in [-0.05, 0) is 12.0 Å². The van der Waals surface area contributed by atoms with Gasteiger partial charge in [-0.3, -0.25) is 4.99 Å². The van der Waals surface area contributed by atoms with Crippen molar-refractivity contribution in [2.75, 3.05) is 18.1 Å². The molecule has 0 bridgehead atoms. The van der Waals surface area contributed by atoms with Gasteiger partial charge in [0.05, 0.1) is 0 Å². The molecule has 0 N–H and O–H groups in total. The fourth-order valence-corrected chi connectivity index (χ4v) is 1.80. The Morgan fingerprint density at radius 2 is 2.14 bits per heavy atom. The fourth-order valence-electron chi connectivity index (χ4n) is 1.80. The molecule has 2 heteroatoms. The van der Waals surface area contributed by atoms with Crippen LogP contribution in [0.5, 0.6) is 0 Å². The van der Waals surface area contributed by atoms with E-state index >= 15 is 0 Å². The molecule has 74 valence electrons. The zero-order chi connectivity index (χ0) is 9.97. The minimum Gasteiger partial charge on any atom is -0.351 e. The Hall–Kier alpha value is -1.31. The lowest BCUT2D eigenvalue weighted by atomic mass is 10.1. The van der Waals surface area contributed by atoms with Crippen LogP contribution >= 0.6 is 0 Å². The number of fused-ring (bicyclic) bond motifs is 1. The van der Waals surface area contributed by atoms with Gasteiger partial charge in [-0.1, -0.05) is 32.0 Å². The van der Waals surface area contributed by atoms with E-state index in [-0.39, 0.29) is 0 Å². The van der Waals surface area contributed by atoms with Crippen molar-refractivity contribution in [3.63, 3.8) is 0 Å². The fraction of sp³-hybridized carbons (Fsp3) is 0.417. The molecule has 1 heterocycles. The Labute approximate surface area is 85.3 Å². The molecule has 0 radical (unpaired) electrons. The summed E-state index contributed by atoms with van der Waals surface area (Å²) in [5, 5.41) is 0. The number of nitrogens with zero attached hydrogens (tertiary/aromatic N) is 2. The normalized spacial score (nSPS) is 14.6. The van der Waals surface area contributed by atoms with Crippen molar-refractivity contribution < 1.29 is 0 Å². The predicted octanol–water partition coefficient (Wildman–Crippen LogP) is 2.54. The Balaban J connectivity index is 2.27. The monoisotopic (exact) mass is 188 g/mol. The predicted molar refractivity (Wildman–Crippen MR) is 61.1 cm³/mol. The Morgan fingerprint density at radius 3 is 2.93 bits per heavy atom. The maximum Gasteiger partial charge on any atom is 0.110 e.